The number of aliphatic carboxylic acids is 1. The van der Waals surface area contributed by atoms with E-state index in [1.807, 2.05) is 0 Å². The zero-order valence-electron chi connectivity index (χ0n) is 17.4. The van der Waals surface area contributed by atoms with E-state index < -0.39 is 57.0 Å². The molecular formula is C15H24N8O8S2. The molecule has 16 nitrogen and oxygen atoms in total. The zero-order chi connectivity index (χ0) is 25.1. The zero-order valence-corrected chi connectivity index (χ0v) is 19.0. The Morgan fingerprint density at radius 1 is 1.48 bits per heavy atom. The molecule has 0 aromatic carbocycles. The number of hydrazine groups is 1. The van der Waals surface area contributed by atoms with Crippen molar-refractivity contribution in [1.29, 1.82) is 0 Å². The van der Waals surface area contributed by atoms with Crippen LogP contribution in [0.5, 0.6) is 0 Å². The van der Waals surface area contributed by atoms with Crippen molar-refractivity contribution in [2.75, 3.05) is 6.54 Å². The maximum Gasteiger partial charge on any atom is 0.362 e. The summed E-state index contributed by atoms with van der Waals surface area (Å²) in [6.07, 6.45) is 2.22. The predicted molar refractivity (Wildman–Crippen MR) is 115 cm³/mol. The van der Waals surface area contributed by atoms with Crippen LogP contribution in [0.25, 0.3) is 0 Å². The normalized spacial score (nSPS) is 23.6. The molecule has 0 aliphatic carbocycles. The number of nitrogens with two attached hydrogens (primary N) is 3. The smallest absolute Gasteiger partial charge is 0.362 e. The number of carbonyl (C=O) groups is 3. The Balaban J connectivity index is 2.30. The van der Waals surface area contributed by atoms with Gasteiger partial charge < -0.3 is 37.1 Å². The summed E-state index contributed by atoms with van der Waals surface area (Å²) in [5.41, 5.74) is 8.13. The quantitative estimate of drug-likeness (QED) is 0.0503. The average Bonchev–Trinajstić information content (AvgIpc) is 3.10. The molecule has 1 fully saturated rings. The SMILES string of the molecule is CC(C)(O/N=C(\C(=O)NC1C(=O)N(S(=O)(=O)O)C1CN(N)/C=C\N)C1=CSC(N)N1)C(=O)O. The van der Waals surface area contributed by atoms with Crippen LogP contribution in [-0.4, -0.2) is 80.6 Å². The molecule has 10 N–H and O–H groups in total. The van der Waals surface area contributed by atoms with Crippen LogP contribution >= 0.6 is 11.8 Å². The molecule has 0 aromatic heterocycles. The minimum Gasteiger partial charge on any atom is -0.478 e. The van der Waals surface area contributed by atoms with Gasteiger partial charge in [-0.25, -0.2) is 14.9 Å². The number of nitrogens with one attached hydrogen (secondary N) is 2. The van der Waals surface area contributed by atoms with Crippen LogP contribution < -0.4 is 27.9 Å². The number of carboxylic acids is 1. The number of amides is 2. The molecule has 0 spiro atoms. The summed E-state index contributed by atoms with van der Waals surface area (Å²) in [7, 11) is -4.94. The van der Waals surface area contributed by atoms with Crippen LogP contribution in [0.15, 0.2) is 28.7 Å². The Hall–Kier alpha value is -3.06. The van der Waals surface area contributed by atoms with Gasteiger partial charge in [-0.1, -0.05) is 16.9 Å². The highest BCUT2D eigenvalue weighted by Gasteiger charge is 2.54. The standard InChI is InChI=1S/C15H24N8O8S2/c1-15(2,13(26)27)31-21-9(7-6-32-14(17)19-7)11(24)20-10-8(5-22(18)4-3-16)23(12(10)25)33(28,29)30/h3-4,6,8,10,14,19H,5,16-18H2,1-2H3,(H,20,24)(H,26,27)(H,28,29,30)/b4-3-,21-9-. The van der Waals surface area contributed by atoms with Crippen molar-refractivity contribution in [3.8, 4) is 0 Å². The molecule has 0 aromatic rings. The number of hydrogen-bond acceptors (Lipinski definition) is 13. The second-order valence-corrected chi connectivity index (χ2v) is 9.55. The van der Waals surface area contributed by atoms with Crippen molar-refractivity contribution >= 4 is 45.6 Å². The summed E-state index contributed by atoms with van der Waals surface area (Å²) in [5.74, 6) is 2.13. The largest absolute Gasteiger partial charge is 0.478 e. The van der Waals surface area contributed by atoms with E-state index in [2.05, 4.69) is 15.8 Å². The first-order chi connectivity index (χ1) is 15.2. The first-order valence-electron chi connectivity index (χ1n) is 9.08. The van der Waals surface area contributed by atoms with Crippen LogP contribution in [0, 0.1) is 0 Å². The van der Waals surface area contributed by atoms with Crippen molar-refractivity contribution < 1.29 is 37.3 Å². The molecule has 0 bridgehead atoms. The Kier molecular flexibility index (Phi) is 7.80. The van der Waals surface area contributed by atoms with Gasteiger partial charge in [0.25, 0.3) is 11.8 Å². The lowest BCUT2D eigenvalue weighted by Gasteiger charge is -2.45. The molecule has 1 saturated heterocycles. The fourth-order valence-corrected chi connectivity index (χ4v) is 4.17. The van der Waals surface area contributed by atoms with Gasteiger partial charge in [-0.05, 0) is 13.8 Å². The van der Waals surface area contributed by atoms with Gasteiger partial charge in [0.2, 0.25) is 5.60 Å². The molecular weight excluding hydrogens is 484 g/mol. The van der Waals surface area contributed by atoms with Gasteiger partial charge in [0.05, 0.1) is 18.3 Å². The van der Waals surface area contributed by atoms with Gasteiger partial charge in [-0.15, -0.1) is 0 Å². The lowest BCUT2D eigenvalue weighted by Crippen LogP contribution is -2.74. The van der Waals surface area contributed by atoms with Gasteiger partial charge >= 0.3 is 16.3 Å². The fraction of sp³-hybridized carbons (Fsp3) is 0.467. The minimum absolute atomic E-state index is 0.0765. The lowest BCUT2D eigenvalue weighted by molar-refractivity contribution is -0.161. The number of carbonyl (C=O) groups excluding carboxylic acids is 2. The Morgan fingerprint density at radius 2 is 2.12 bits per heavy atom. The number of thioether (sulfide) groups is 1. The maximum absolute atomic E-state index is 12.9. The molecule has 33 heavy (non-hydrogen) atoms. The summed E-state index contributed by atoms with van der Waals surface area (Å²) < 4.78 is 32.6. The molecule has 2 amide bonds. The third kappa shape index (κ3) is 6.05. The number of oxime groups is 1. The topological polar surface area (TPSA) is 256 Å². The van der Waals surface area contributed by atoms with E-state index in [1.165, 1.54) is 25.5 Å². The molecule has 18 heteroatoms. The van der Waals surface area contributed by atoms with Crippen LogP contribution in [0.4, 0.5) is 0 Å². The molecule has 2 heterocycles. The van der Waals surface area contributed by atoms with E-state index in [0.717, 1.165) is 23.0 Å². The van der Waals surface area contributed by atoms with E-state index in [4.69, 9.17) is 22.1 Å². The highest BCUT2D eigenvalue weighted by Crippen LogP contribution is 2.25. The van der Waals surface area contributed by atoms with Crippen molar-refractivity contribution in [3.63, 3.8) is 0 Å². The van der Waals surface area contributed by atoms with E-state index >= 15 is 0 Å². The summed E-state index contributed by atoms with van der Waals surface area (Å²) in [6.45, 7) is 2.06. The van der Waals surface area contributed by atoms with Crippen LogP contribution in [0.3, 0.4) is 0 Å². The van der Waals surface area contributed by atoms with Crippen molar-refractivity contribution in [2.24, 2.45) is 22.5 Å². The number of nitrogens with zero attached hydrogens (tertiary/aromatic N) is 3. The van der Waals surface area contributed by atoms with Gasteiger partial charge in [0, 0.05) is 17.8 Å². The monoisotopic (exact) mass is 508 g/mol. The fourth-order valence-electron chi connectivity index (χ4n) is 2.64. The number of carboxylic acid groups (broad SMARTS) is 1. The first-order valence-corrected chi connectivity index (χ1v) is 11.4. The van der Waals surface area contributed by atoms with Crippen molar-refractivity contribution in [3.05, 3.63) is 23.5 Å². The summed E-state index contributed by atoms with van der Waals surface area (Å²) in [5, 5.41) is 20.2. The van der Waals surface area contributed by atoms with Crippen LogP contribution in [0.1, 0.15) is 13.8 Å². The van der Waals surface area contributed by atoms with Gasteiger partial charge in [0.15, 0.2) is 5.71 Å². The Morgan fingerprint density at radius 3 is 2.61 bits per heavy atom. The molecule has 3 unspecified atom stereocenters. The number of hydrogen-bond donors (Lipinski definition) is 7. The van der Waals surface area contributed by atoms with Gasteiger partial charge in [-0.2, -0.15) is 8.42 Å². The van der Waals surface area contributed by atoms with Crippen LogP contribution in [0.2, 0.25) is 0 Å². The third-order valence-corrected chi connectivity index (χ3v) is 6.09. The summed E-state index contributed by atoms with van der Waals surface area (Å²) >= 11 is 1.09. The van der Waals surface area contributed by atoms with E-state index in [-0.39, 0.29) is 16.5 Å². The van der Waals surface area contributed by atoms with Gasteiger partial charge in [0.1, 0.15) is 11.5 Å². The maximum atomic E-state index is 12.9. The Bertz CT molecular complexity index is 1010. The minimum atomic E-state index is -4.94. The molecule has 0 radical (unpaired) electrons. The van der Waals surface area contributed by atoms with Crippen LogP contribution in [-0.2, 0) is 29.5 Å². The first kappa shape index (κ1) is 26.2. The molecule has 2 aliphatic heterocycles. The summed E-state index contributed by atoms with van der Waals surface area (Å²) in [4.78, 5) is 41.6. The molecule has 2 rings (SSSR count). The highest BCUT2D eigenvalue weighted by molar-refractivity contribution is 8.02. The average molecular weight is 509 g/mol. The number of β-lactam (4-membered cyclic amide) rings is 1. The van der Waals surface area contributed by atoms with E-state index in [0.29, 0.717) is 0 Å². The van der Waals surface area contributed by atoms with E-state index in [1.54, 1.807) is 0 Å². The number of rotatable bonds is 10. The van der Waals surface area contributed by atoms with Crippen molar-refractivity contribution in [1.82, 2.24) is 19.9 Å². The molecule has 184 valence electrons. The lowest BCUT2D eigenvalue weighted by atomic mass is 9.98. The molecule has 2 aliphatic rings. The Labute approximate surface area is 192 Å². The molecule has 0 saturated carbocycles. The third-order valence-electron chi connectivity index (χ3n) is 4.36. The van der Waals surface area contributed by atoms with Gasteiger partial charge in [-0.3, -0.25) is 14.1 Å². The second-order valence-electron chi connectivity index (χ2n) is 7.25. The predicted octanol–water partition coefficient (Wildman–Crippen LogP) is -3.25. The van der Waals surface area contributed by atoms with E-state index in [9.17, 15) is 32.5 Å². The summed E-state index contributed by atoms with van der Waals surface area (Å²) in [6, 6.07) is -2.73. The molecule has 3 atom stereocenters. The second kappa shape index (κ2) is 9.83. The highest BCUT2D eigenvalue weighted by atomic mass is 32.2. The van der Waals surface area contributed by atoms with Crippen molar-refractivity contribution in [2.45, 2.75) is 37.0 Å².